The summed E-state index contributed by atoms with van der Waals surface area (Å²) in [6.45, 7) is 13.2. The van der Waals surface area contributed by atoms with Gasteiger partial charge in [-0.15, -0.1) is 0 Å². The Labute approximate surface area is 111 Å². The molecule has 0 bridgehead atoms. The average molecular weight is 260 g/mol. The van der Waals surface area contributed by atoms with Crippen molar-refractivity contribution in [1.82, 2.24) is 0 Å². The maximum absolute atomic E-state index is 11.5. The zero-order valence-electron chi connectivity index (χ0n) is 12.6. The van der Waals surface area contributed by atoms with Crippen LogP contribution >= 0.6 is 0 Å². The normalized spacial score (nSPS) is 15.2. The number of esters is 1. The number of rotatable bonds is 8. The van der Waals surface area contributed by atoms with Crippen LogP contribution in [0, 0.1) is 5.92 Å². The molecule has 0 fully saturated rings. The molecule has 0 aromatic heterocycles. The molecule has 0 amide bonds. The topological polar surface area (TPSA) is 44.8 Å². The van der Waals surface area contributed by atoms with Crippen LogP contribution in [0.25, 0.3) is 0 Å². The lowest BCUT2D eigenvalue weighted by atomic mass is 10.1. The quantitative estimate of drug-likeness (QED) is 0.497. The van der Waals surface area contributed by atoms with Gasteiger partial charge in [0, 0.05) is 0 Å². The summed E-state index contributed by atoms with van der Waals surface area (Å²) in [5.74, 6) is -0.198. The Balaban J connectivity index is 3.60. The molecule has 2 atom stereocenters. The SMILES string of the molecule is CCC(C)C(=O)OC(C)COCCOC(C)(C)C. The Morgan fingerprint density at radius 1 is 1.17 bits per heavy atom. The Hall–Kier alpha value is -0.610. The van der Waals surface area contributed by atoms with Gasteiger partial charge in [0.1, 0.15) is 6.10 Å². The van der Waals surface area contributed by atoms with Crippen LogP contribution in [0.15, 0.2) is 0 Å². The number of carbonyl (C=O) groups excluding carboxylic acids is 1. The Morgan fingerprint density at radius 2 is 1.78 bits per heavy atom. The predicted molar refractivity (Wildman–Crippen MR) is 71.5 cm³/mol. The van der Waals surface area contributed by atoms with Gasteiger partial charge in [-0.05, 0) is 34.1 Å². The van der Waals surface area contributed by atoms with E-state index in [4.69, 9.17) is 14.2 Å². The molecule has 108 valence electrons. The monoisotopic (exact) mass is 260 g/mol. The van der Waals surface area contributed by atoms with E-state index in [2.05, 4.69) is 0 Å². The lowest BCUT2D eigenvalue weighted by Crippen LogP contribution is -2.26. The zero-order valence-corrected chi connectivity index (χ0v) is 12.6. The van der Waals surface area contributed by atoms with E-state index in [1.54, 1.807) is 0 Å². The molecule has 0 saturated heterocycles. The van der Waals surface area contributed by atoms with Crippen molar-refractivity contribution in [3.8, 4) is 0 Å². The fraction of sp³-hybridized carbons (Fsp3) is 0.929. The first-order chi connectivity index (χ1) is 8.26. The molecular formula is C14H28O4. The van der Waals surface area contributed by atoms with Crippen LogP contribution < -0.4 is 0 Å². The molecular weight excluding hydrogens is 232 g/mol. The van der Waals surface area contributed by atoms with Gasteiger partial charge in [0.05, 0.1) is 31.3 Å². The molecule has 0 aromatic rings. The van der Waals surface area contributed by atoms with Gasteiger partial charge in [0.25, 0.3) is 0 Å². The highest BCUT2D eigenvalue weighted by Crippen LogP contribution is 2.07. The highest BCUT2D eigenvalue weighted by Gasteiger charge is 2.15. The van der Waals surface area contributed by atoms with E-state index in [1.165, 1.54) is 0 Å². The van der Waals surface area contributed by atoms with Gasteiger partial charge < -0.3 is 14.2 Å². The first-order valence-corrected chi connectivity index (χ1v) is 6.68. The second-order valence-electron chi connectivity index (χ2n) is 5.59. The van der Waals surface area contributed by atoms with Gasteiger partial charge in [0.15, 0.2) is 0 Å². The van der Waals surface area contributed by atoms with E-state index in [1.807, 2.05) is 41.5 Å². The van der Waals surface area contributed by atoms with Crippen LogP contribution in [-0.4, -0.2) is 37.5 Å². The summed E-state index contributed by atoms with van der Waals surface area (Å²) >= 11 is 0. The molecule has 18 heavy (non-hydrogen) atoms. The highest BCUT2D eigenvalue weighted by atomic mass is 16.6. The van der Waals surface area contributed by atoms with E-state index in [0.717, 1.165) is 6.42 Å². The molecule has 0 radical (unpaired) electrons. The van der Waals surface area contributed by atoms with Crippen LogP contribution in [0.3, 0.4) is 0 Å². The largest absolute Gasteiger partial charge is 0.460 e. The molecule has 0 saturated carbocycles. The second-order valence-corrected chi connectivity index (χ2v) is 5.59. The fourth-order valence-corrected chi connectivity index (χ4v) is 1.17. The third-order valence-corrected chi connectivity index (χ3v) is 2.45. The summed E-state index contributed by atoms with van der Waals surface area (Å²) in [6.07, 6.45) is 0.590. The van der Waals surface area contributed by atoms with E-state index in [9.17, 15) is 4.79 Å². The third kappa shape index (κ3) is 9.42. The van der Waals surface area contributed by atoms with Crippen molar-refractivity contribution < 1.29 is 19.0 Å². The molecule has 0 rings (SSSR count). The molecule has 4 nitrogen and oxygen atoms in total. The maximum Gasteiger partial charge on any atom is 0.308 e. The van der Waals surface area contributed by atoms with Crippen molar-refractivity contribution >= 4 is 5.97 Å². The molecule has 0 aliphatic carbocycles. The summed E-state index contributed by atoms with van der Waals surface area (Å²) in [5, 5.41) is 0. The highest BCUT2D eigenvalue weighted by molar-refractivity contribution is 5.72. The summed E-state index contributed by atoms with van der Waals surface area (Å²) in [4.78, 5) is 11.5. The number of hydrogen-bond acceptors (Lipinski definition) is 4. The van der Waals surface area contributed by atoms with Crippen molar-refractivity contribution in [3.63, 3.8) is 0 Å². The molecule has 0 aromatic carbocycles. The molecule has 4 heteroatoms. The van der Waals surface area contributed by atoms with Gasteiger partial charge in [-0.3, -0.25) is 4.79 Å². The molecule has 0 spiro atoms. The second kappa shape index (κ2) is 8.48. The van der Waals surface area contributed by atoms with E-state index >= 15 is 0 Å². The van der Waals surface area contributed by atoms with E-state index < -0.39 is 0 Å². The standard InChI is InChI=1S/C14H28O4/c1-7-11(2)13(15)18-12(3)10-16-8-9-17-14(4,5)6/h11-12H,7-10H2,1-6H3. The molecule has 2 unspecified atom stereocenters. The van der Waals surface area contributed by atoms with Crippen molar-refractivity contribution in [2.24, 2.45) is 5.92 Å². The fourth-order valence-electron chi connectivity index (χ4n) is 1.17. The summed E-state index contributed by atoms with van der Waals surface area (Å²) in [6, 6.07) is 0. The number of ether oxygens (including phenoxy) is 3. The predicted octanol–water partition coefficient (Wildman–Crippen LogP) is 2.80. The number of hydrogen-bond donors (Lipinski definition) is 0. The van der Waals surface area contributed by atoms with Crippen molar-refractivity contribution in [3.05, 3.63) is 0 Å². The van der Waals surface area contributed by atoms with Crippen molar-refractivity contribution in [2.45, 2.75) is 59.7 Å². The number of carbonyl (C=O) groups is 1. The lowest BCUT2D eigenvalue weighted by Gasteiger charge is -2.20. The maximum atomic E-state index is 11.5. The van der Waals surface area contributed by atoms with Crippen LogP contribution in [0.5, 0.6) is 0 Å². The Bertz CT molecular complexity index is 232. The zero-order chi connectivity index (χ0) is 14.2. The van der Waals surface area contributed by atoms with Crippen LogP contribution in [0.4, 0.5) is 0 Å². The van der Waals surface area contributed by atoms with Gasteiger partial charge in [0.2, 0.25) is 0 Å². The van der Waals surface area contributed by atoms with Crippen LogP contribution in [-0.2, 0) is 19.0 Å². The molecule has 0 N–H and O–H groups in total. The first kappa shape index (κ1) is 17.4. The van der Waals surface area contributed by atoms with E-state index in [-0.39, 0.29) is 23.6 Å². The van der Waals surface area contributed by atoms with E-state index in [0.29, 0.717) is 19.8 Å². The minimum Gasteiger partial charge on any atom is -0.460 e. The summed E-state index contributed by atoms with van der Waals surface area (Å²) in [7, 11) is 0. The van der Waals surface area contributed by atoms with Crippen LogP contribution in [0.1, 0.15) is 48.0 Å². The molecule has 0 heterocycles. The average Bonchev–Trinajstić information content (AvgIpc) is 2.25. The third-order valence-electron chi connectivity index (χ3n) is 2.45. The van der Waals surface area contributed by atoms with Gasteiger partial charge in [-0.2, -0.15) is 0 Å². The van der Waals surface area contributed by atoms with Crippen LogP contribution in [0.2, 0.25) is 0 Å². The molecule has 0 aliphatic rings. The van der Waals surface area contributed by atoms with Gasteiger partial charge in [-0.25, -0.2) is 0 Å². The van der Waals surface area contributed by atoms with Crippen molar-refractivity contribution in [2.75, 3.05) is 19.8 Å². The summed E-state index contributed by atoms with van der Waals surface area (Å²) in [5.41, 5.74) is -0.141. The molecule has 0 aliphatic heterocycles. The Kier molecular flexibility index (Phi) is 8.20. The summed E-state index contributed by atoms with van der Waals surface area (Å²) < 4.78 is 16.2. The van der Waals surface area contributed by atoms with Gasteiger partial charge >= 0.3 is 5.97 Å². The lowest BCUT2D eigenvalue weighted by molar-refractivity contribution is -0.156. The van der Waals surface area contributed by atoms with Crippen molar-refractivity contribution in [1.29, 1.82) is 0 Å². The first-order valence-electron chi connectivity index (χ1n) is 6.68. The minimum absolute atomic E-state index is 0.0447. The smallest absolute Gasteiger partial charge is 0.308 e. The minimum atomic E-state index is -0.207. The Morgan fingerprint density at radius 3 is 2.28 bits per heavy atom. The van der Waals surface area contributed by atoms with Gasteiger partial charge in [-0.1, -0.05) is 13.8 Å².